The van der Waals surface area contributed by atoms with Crippen LogP contribution in [-0.4, -0.2) is 19.6 Å². The Morgan fingerprint density at radius 1 is 1.21 bits per heavy atom. The molecule has 8 heteroatoms. The van der Waals surface area contributed by atoms with Gasteiger partial charge in [0.2, 0.25) is 5.28 Å². The molecule has 2 heterocycles. The quantitative estimate of drug-likeness (QED) is 0.596. The first-order chi connectivity index (χ1) is 8.86. The minimum atomic E-state index is -4.42. The number of nitrogens with zero attached hydrogens (tertiary/aromatic N) is 4. The highest BCUT2D eigenvalue weighted by molar-refractivity contribution is 6.29. The van der Waals surface area contributed by atoms with Gasteiger partial charge in [-0.3, -0.25) is 0 Å². The number of rotatable bonds is 0. The highest BCUT2D eigenvalue weighted by Gasteiger charge is 2.30. The van der Waals surface area contributed by atoms with Crippen molar-refractivity contribution in [2.24, 2.45) is 0 Å². The fourth-order valence-electron chi connectivity index (χ4n) is 1.85. The molecule has 0 N–H and O–H groups in total. The summed E-state index contributed by atoms with van der Waals surface area (Å²) in [6.07, 6.45) is -4.42. The second-order valence-electron chi connectivity index (χ2n) is 4.00. The zero-order chi connectivity index (χ0) is 13.8. The minimum absolute atomic E-state index is 0.0255. The van der Waals surface area contributed by atoms with E-state index in [1.807, 2.05) is 0 Å². The molecule has 0 radical (unpaired) electrons. The van der Waals surface area contributed by atoms with Gasteiger partial charge < -0.3 is 0 Å². The van der Waals surface area contributed by atoms with Crippen LogP contribution in [0.15, 0.2) is 18.2 Å². The molecule has 0 saturated heterocycles. The Balaban J connectivity index is 2.39. The lowest BCUT2D eigenvalue weighted by atomic mass is 10.1. The zero-order valence-electron chi connectivity index (χ0n) is 9.53. The highest BCUT2D eigenvalue weighted by atomic mass is 35.5. The monoisotopic (exact) mass is 286 g/mol. The molecular formula is C11H6ClF3N4. The van der Waals surface area contributed by atoms with Gasteiger partial charge in [0.15, 0.2) is 5.65 Å². The summed E-state index contributed by atoms with van der Waals surface area (Å²) in [5, 5.41) is 4.47. The van der Waals surface area contributed by atoms with Gasteiger partial charge in [0.1, 0.15) is 5.82 Å². The van der Waals surface area contributed by atoms with Crippen LogP contribution in [0.3, 0.4) is 0 Å². The van der Waals surface area contributed by atoms with Crippen molar-refractivity contribution in [2.75, 3.05) is 0 Å². The first kappa shape index (κ1) is 12.2. The number of fused-ring (bicyclic) bond motifs is 3. The van der Waals surface area contributed by atoms with E-state index in [0.717, 1.165) is 12.1 Å². The molecule has 2 aromatic heterocycles. The van der Waals surface area contributed by atoms with Crippen LogP contribution in [0, 0.1) is 6.92 Å². The molecule has 4 nitrogen and oxygen atoms in total. The van der Waals surface area contributed by atoms with Crippen LogP contribution < -0.4 is 0 Å². The fourth-order valence-corrected chi connectivity index (χ4v) is 2.06. The van der Waals surface area contributed by atoms with Crippen LogP contribution in [0.2, 0.25) is 5.28 Å². The lowest BCUT2D eigenvalue weighted by Gasteiger charge is -2.07. The van der Waals surface area contributed by atoms with E-state index in [9.17, 15) is 13.2 Å². The summed E-state index contributed by atoms with van der Waals surface area (Å²) in [5.74, 6) is 0.469. The molecule has 0 aliphatic carbocycles. The Bertz CT molecular complexity index is 794. The van der Waals surface area contributed by atoms with Gasteiger partial charge in [0.05, 0.1) is 11.1 Å². The number of benzene rings is 1. The molecule has 0 saturated carbocycles. The van der Waals surface area contributed by atoms with E-state index in [1.165, 1.54) is 10.6 Å². The Hall–Kier alpha value is -1.89. The number of alkyl halides is 3. The fraction of sp³-hybridized carbons (Fsp3) is 0.182. The molecule has 0 aliphatic heterocycles. The van der Waals surface area contributed by atoms with E-state index in [0.29, 0.717) is 16.9 Å². The maximum Gasteiger partial charge on any atom is 0.416 e. The van der Waals surface area contributed by atoms with E-state index in [4.69, 9.17) is 11.6 Å². The predicted octanol–water partition coefficient (Wildman–Crippen LogP) is 3.26. The van der Waals surface area contributed by atoms with Crippen molar-refractivity contribution >= 4 is 28.2 Å². The molecule has 3 aromatic rings. The van der Waals surface area contributed by atoms with Crippen LogP contribution in [0.1, 0.15) is 11.4 Å². The molecular weight excluding hydrogens is 281 g/mol. The molecule has 0 unspecified atom stereocenters. The van der Waals surface area contributed by atoms with E-state index in [2.05, 4.69) is 15.1 Å². The molecule has 1 aromatic carbocycles. The summed E-state index contributed by atoms with van der Waals surface area (Å²) in [7, 11) is 0. The summed E-state index contributed by atoms with van der Waals surface area (Å²) < 4.78 is 39.2. The molecule has 0 fully saturated rings. The van der Waals surface area contributed by atoms with Crippen molar-refractivity contribution < 1.29 is 13.2 Å². The van der Waals surface area contributed by atoms with Crippen molar-refractivity contribution in [1.82, 2.24) is 19.6 Å². The second kappa shape index (κ2) is 3.80. The lowest BCUT2D eigenvalue weighted by molar-refractivity contribution is -0.137. The number of hydrogen-bond acceptors (Lipinski definition) is 3. The lowest BCUT2D eigenvalue weighted by Crippen LogP contribution is -2.05. The van der Waals surface area contributed by atoms with Gasteiger partial charge in [0, 0.05) is 5.39 Å². The first-order valence-electron chi connectivity index (χ1n) is 5.26. The molecule has 3 rings (SSSR count). The van der Waals surface area contributed by atoms with E-state index < -0.39 is 11.7 Å². The van der Waals surface area contributed by atoms with E-state index in [1.54, 1.807) is 6.92 Å². The zero-order valence-corrected chi connectivity index (χ0v) is 10.3. The van der Waals surface area contributed by atoms with Gasteiger partial charge in [-0.15, -0.1) is 5.10 Å². The summed E-state index contributed by atoms with van der Waals surface area (Å²) >= 11 is 5.88. The Kier molecular flexibility index (Phi) is 2.43. The molecule has 0 spiro atoms. The number of aryl methyl sites for hydroxylation is 1. The van der Waals surface area contributed by atoms with Gasteiger partial charge in [-0.1, -0.05) is 0 Å². The van der Waals surface area contributed by atoms with E-state index in [-0.39, 0.29) is 10.8 Å². The van der Waals surface area contributed by atoms with Crippen LogP contribution in [0.5, 0.6) is 0 Å². The number of halogens is 4. The van der Waals surface area contributed by atoms with Crippen molar-refractivity contribution in [3.8, 4) is 0 Å². The topological polar surface area (TPSA) is 43.1 Å². The Labute approximate surface area is 109 Å². The van der Waals surface area contributed by atoms with Crippen LogP contribution in [-0.2, 0) is 6.18 Å². The van der Waals surface area contributed by atoms with Crippen LogP contribution in [0.4, 0.5) is 13.2 Å². The van der Waals surface area contributed by atoms with Gasteiger partial charge in [-0.2, -0.15) is 17.7 Å². The second-order valence-corrected chi connectivity index (χ2v) is 4.34. The van der Waals surface area contributed by atoms with Crippen molar-refractivity contribution in [3.05, 3.63) is 34.9 Å². The molecule has 0 bridgehead atoms. The Morgan fingerprint density at radius 2 is 1.95 bits per heavy atom. The SMILES string of the molecule is Cc1nc2c3ccc(C(F)(F)F)cc3nc(Cl)n2n1. The number of hydrogen-bond donors (Lipinski definition) is 0. The smallest absolute Gasteiger partial charge is 0.218 e. The average Bonchev–Trinajstić information content (AvgIpc) is 2.70. The van der Waals surface area contributed by atoms with Crippen LogP contribution in [0.25, 0.3) is 16.6 Å². The summed E-state index contributed by atoms with van der Waals surface area (Å²) in [6.45, 7) is 1.67. The third kappa shape index (κ3) is 1.90. The minimum Gasteiger partial charge on any atom is -0.218 e. The molecule has 0 aliphatic rings. The maximum atomic E-state index is 12.6. The van der Waals surface area contributed by atoms with Gasteiger partial charge in [-0.25, -0.2) is 9.97 Å². The molecule has 19 heavy (non-hydrogen) atoms. The normalized spacial score (nSPS) is 12.5. The average molecular weight is 287 g/mol. The third-order valence-electron chi connectivity index (χ3n) is 2.67. The molecule has 0 atom stereocenters. The molecule has 0 amide bonds. The Morgan fingerprint density at radius 3 is 2.63 bits per heavy atom. The largest absolute Gasteiger partial charge is 0.416 e. The van der Waals surface area contributed by atoms with Gasteiger partial charge >= 0.3 is 6.18 Å². The van der Waals surface area contributed by atoms with Crippen molar-refractivity contribution in [3.63, 3.8) is 0 Å². The summed E-state index contributed by atoms with van der Waals surface area (Å²) in [6, 6.07) is 3.26. The van der Waals surface area contributed by atoms with Gasteiger partial charge in [0.25, 0.3) is 0 Å². The van der Waals surface area contributed by atoms with Crippen molar-refractivity contribution in [1.29, 1.82) is 0 Å². The van der Waals surface area contributed by atoms with E-state index >= 15 is 0 Å². The number of aromatic nitrogens is 4. The summed E-state index contributed by atoms with van der Waals surface area (Å²) in [5.41, 5.74) is -0.245. The molecule has 98 valence electrons. The summed E-state index contributed by atoms with van der Waals surface area (Å²) in [4.78, 5) is 8.06. The maximum absolute atomic E-state index is 12.6. The first-order valence-corrected chi connectivity index (χ1v) is 5.64. The standard InChI is InChI=1S/C11H6ClF3N4/c1-5-16-9-7-3-2-6(11(13,14)15)4-8(7)17-10(12)19(9)18-5/h2-4H,1H3. The highest BCUT2D eigenvalue weighted by Crippen LogP contribution is 2.32. The third-order valence-corrected chi connectivity index (χ3v) is 2.91. The van der Waals surface area contributed by atoms with Crippen LogP contribution >= 0.6 is 11.6 Å². The van der Waals surface area contributed by atoms with Gasteiger partial charge in [-0.05, 0) is 36.7 Å². The van der Waals surface area contributed by atoms with Crippen molar-refractivity contribution in [2.45, 2.75) is 13.1 Å². The predicted molar refractivity (Wildman–Crippen MR) is 63.0 cm³/mol.